The van der Waals surface area contributed by atoms with E-state index >= 15 is 0 Å². The molecule has 3 fully saturated rings. The van der Waals surface area contributed by atoms with E-state index < -0.39 is 6.09 Å². The van der Waals surface area contributed by atoms with E-state index in [4.69, 9.17) is 10.5 Å². The zero-order valence-corrected chi connectivity index (χ0v) is 14.8. The van der Waals surface area contributed by atoms with Gasteiger partial charge in [0.05, 0.1) is 0 Å². The molecule has 0 unspecified atom stereocenters. The molecule has 0 saturated heterocycles. The zero-order valence-electron chi connectivity index (χ0n) is 14.8. The van der Waals surface area contributed by atoms with Crippen molar-refractivity contribution in [1.82, 2.24) is 0 Å². The van der Waals surface area contributed by atoms with Gasteiger partial charge in [0.1, 0.15) is 6.10 Å². The number of rotatable bonds is 1. The number of hydrogen-bond acceptors (Lipinski definition) is 3. The standard InChI is InChI=1S/C20H29NO3/c1-19-9-7-13(22)11-12(19)3-4-14-15-5-6-17(24-18(21)23)20(15,2)10-8-16(14)19/h11,14-17H,3-10H2,1-2H3,(H2,21,23)/t14-,15-,16-,17-,19-,20-/m0/s1. The Hall–Kier alpha value is -1.32. The van der Waals surface area contributed by atoms with Crippen LogP contribution >= 0.6 is 0 Å². The Bertz CT molecular complexity index is 612. The highest BCUT2D eigenvalue weighted by Crippen LogP contribution is 2.65. The molecule has 0 spiro atoms. The van der Waals surface area contributed by atoms with E-state index in [1.54, 1.807) is 0 Å². The molecule has 4 rings (SSSR count). The predicted octanol–water partition coefficient (Wildman–Crippen LogP) is 3.98. The number of amides is 1. The molecule has 3 saturated carbocycles. The third-order valence-corrected chi connectivity index (χ3v) is 8.13. The second kappa shape index (κ2) is 5.34. The minimum Gasteiger partial charge on any atom is -0.446 e. The topological polar surface area (TPSA) is 69.4 Å². The van der Waals surface area contributed by atoms with Crippen molar-refractivity contribution in [3.63, 3.8) is 0 Å². The van der Waals surface area contributed by atoms with Gasteiger partial charge < -0.3 is 10.5 Å². The molecular weight excluding hydrogens is 302 g/mol. The van der Waals surface area contributed by atoms with Crippen LogP contribution in [-0.4, -0.2) is 18.0 Å². The Labute approximate surface area is 144 Å². The quantitative estimate of drug-likeness (QED) is 0.790. The van der Waals surface area contributed by atoms with Gasteiger partial charge in [0.15, 0.2) is 5.78 Å². The molecular formula is C20H29NO3. The summed E-state index contributed by atoms with van der Waals surface area (Å²) in [6, 6.07) is 0. The second-order valence-corrected chi connectivity index (χ2v) is 9.02. The average Bonchev–Trinajstić information content (AvgIpc) is 2.84. The minimum atomic E-state index is -0.629. The van der Waals surface area contributed by atoms with Gasteiger partial charge in [-0.3, -0.25) is 4.79 Å². The maximum absolute atomic E-state index is 11.9. The van der Waals surface area contributed by atoms with Crippen molar-refractivity contribution in [3.8, 4) is 0 Å². The first-order valence-electron chi connectivity index (χ1n) is 9.54. The number of carbonyl (C=O) groups excluding carboxylic acids is 2. The summed E-state index contributed by atoms with van der Waals surface area (Å²) in [7, 11) is 0. The first-order valence-corrected chi connectivity index (χ1v) is 9.54. The van der Waals surface area contributed by atoms with Crippen molar-refractivity contribution in [2.75, 3.05) is 0 Å². The first kappa shape index (κ1) is 16.2. The highest BCUT2D eigenvalue weighted by molar-refractivity contribution is 5.91. The Kier molecular flexibility index (Phi) is 3.59. The van der Waals surface area contributed by atoms with Gasteiger partial charge >= 0.3 is 6.09 Å². The lowest BCUT2D eigenvalue weighted by Crippen LogP contribution is -2.51. The van der Waals surface area contributed by atoms with Crippen molar-refractivity contribution < 1.29 is 14.3 Å². The molecule has 0 aromatic heterocycles. The fourth-order valence-electron chi connectivity index (χ4n) is 6.85. The molecule has 0 aliphatic heterocycles. The molecule has 2 N–H and O–H groups in total. The minimum absolute atomic E-state index is 0.0152. The van der Waals surface area contributed by atoms with Crippen molar-refractivity contribution in [3.05, 3.63) is 11.6 Å². The van der Waals surface area contributed by atoms with Crippen LogP contribution in [0, 0.1) is 28.6 Å². The van der Waals surface area contributed by atoms with Crippen LogP contribution in [0.5, 0.6) is 0 Å². The molecule has 0 heterocycles. The zero-order chi connectivity index (χ0) is 17.1. The van der Waals surface area contributed by atoms with E-state index in [1.165, 1.54) is 18.4 Å². The van der Waals surface area contributed by atoms with E-state index in [2.05, 4.69) is 13.8 Å². The monoisotopic (exact) mass is 331 g/mol. The molecule has 4 aliphatic carbocycles. The van der Waals surface area contributed by atoms with Crippen LogP contribution in [0.4, 0.5) is 4.79 Å². The maximum Gasteiger partial charge on any atom is 0.404 e. The van der Waals surface area contributed by atoms with E-state index in [9.17, 15) is 9.59 Å². The Morgan fingerprint density at radius 2 is 1.92 bits per heavy atom. The first-order chi connectivity index (χ1) is 11.3. The summed E-state index contributed by atoms with van der Waals surface area (Å²) < 4.78 is 5.49. The summed E-state index contributed by atoms with van der Waals surface area (Å²) in [6.07, 6.45) is 9.67. The van der Waals surface area contributed by atoms with Gasteiger partial charge in [-0.05, 0) is 74.2 Å². The van der Waals surface area contributed by atoms with Crippen molar-refractivity contribution >= 4 is 11.9 Å². The molecule has 4 nitrogen and oxygen atoms in total. The molecule has 1 amide bonds. The van der Waals surface area contributed by atoms with Crippen LogP contribution in [-0.2, 0) is 9.53 Å². The number of allylic oxidation sites excluding steroid dienone is 1. The van der Waals surface area contributed by atoms with Gasteiger partial charge in [0.2, 0.25) is 0 Å². The largest absolute Gasteiger partial charge is 0.446 e. The van der Waals surface area contributed by atoms with Crippen LogP contribution in [0.25, 0.3) is 0 Å². The van der Waals surface area contributed by atoms with E-state index in [1.807, 2.05) is 6.08 Å². The fraction of sp³-hybridized carbons (Fsp3) is 0.800. The van der Waals surface area contributed by atoms with Gasteiger partial charge in [0, 0.05) is 11.8 Å². The number of fused-ring (bicyclic) bond motifs is 5. The van der Waals surface area contributed by atoms with Gasteiger partial charge in [-0.1, -0.05) is 19.4 Å². The number of hydrogen-bond donors (Lipinski definition) is 1. The Morgan fingerprint density at radius 1 is 1.12 bits per heavy atom. The van der Waals surface area contributed by atoms with E-state index in [0.29, 0.717) is 30.0 Å². The summed E-state index contributed by atoms with van der Waals surface area (Å²) in [5.74, 6) is 2.31. The predicted molar refractivity (Wildman–Crippen MR) is 91.2 cm³/mol. The maximum atomic E-state index is 11.9. The van der Waals surface area contributed by atoms with Gasteiger partial charge in [-0.2, -0.15) is 0 Å². The third-order valence-electron chi connectivity index (χ3n) is 8.13. The van der Waals surface area contributed by atoms with E-state index in [0.717, 1.165) is 32.1 Å². The van der Waals surface area contributed by atoms with Gasteiger partial charge in [0.25, 0.3) is 0 Å². The van der Waals surface area contributed by atoms with Gasteiger partial charge in [-0.25, -0.2) is 4.79 Å². The highest BCUT2D eigenvalue weighted by atomic mass is 16.6. The third kappa shape index (κ3) is 2.18. The molecule has 0 radical (unpaired) electrons. The van der Waals surface area contributed by atoms with Crippen LogP contribution in [0.1, 0.15) is 65.2 Å². The summed E-state index contributed by atoms with van der Waals surface area (Å²) in [4.78, 5) is 23.1. The SMILES string of the molecule is C[C@]12CC[C@H]3[C@@H](CCC4=CC(=O)CC[C@@]43C)[C@@H]1CC[C@@H]2OC(N)=O. The number of carbonyl (C=O) groups is 2. The molecule has 6 atom stereocenters. The van der Waals surface area contributed by atoms with Crippen molar-refractivity contribution in [2.24, 2.45) is 34.3 Å². The fourth-order valence-corrected chi connectivity index (χ4v) is 6.85. The summed E-state index contributed by atoms with van der Waals surface area (Å²) >= 11 is 0. The second-order valence-electron chi connectivity index (χ2n) is 9.02. The lowest BCUT2D eigenvalue weighted by Gasteiger charge is -2.57. The molecule has 0 aromatic carbocycles. The smallest absolute Gasteiger partial charge is 0.404 e. The molecule has 0 bridgehead atoms. The highest BCUT2D eigenvalue weighted by Gasteiger charge is 2.59. The molecule has 4 heteroatoms. The van der Waals surface area contributed by atoms with E-state index in [-0.39, 0.29) is 16.9 Å². The Balaban J connectivity index is 1.62. The van der Waals surface area contributed by atoms with Crippen LogP contribution in [0.15, 0.2) is 11.6 Å². The van der Waals surface area contributed by atoms with Crippen LogP contribution in [0.3, 0.4) is 0 Å². The normalized spacial score (nSPS) is 47.2. The van der Waals surface area contributed by atoms with Gasteiger partial charge in [-0.15, -0.1) is 0 Å². The lowest BCUT2D eigenvalue weighted by molar-refractivity contribution is -0.118. The average molecular weight is 331 g/mol. The number of nitrogens with two attached hydrogens (primary N) is 1. The molecule has 0 aromatic rings. The van der Waals surface area contributed by atoms with Crippen molar-refractivity contribution in [2.45, 2.75) is 71.3 Å². The Morgan fingerprint density at radius 3 is 2.67 bits per heavy atom. The summed E-state index contributed by atoms with van der Waals surface area (Å²) in [5, 5.41) is 0. The molecule has 4 aliphatic rings. The number of primary amides is 1. The summed E-state index contributed by atoms with van der Waals surface area (Å²) in [6.45, 7) is 4.71. The number of ether oxygens (including phenoxy) is 1. The molecule has 132 valence electrons. The van der Waals surface area contributed by atoms with Crippen LogP contribution < -0.4 is 5.73 Å². The van der Waals surface area contributed by atoms with Crippen molar-refractivity contribution in [1.29, 1.82) is 0 Å². The lowest BCUT2D eigenvalue weighted by atomic mass is 9.47. The molecule has 24 heavy (non-hydrogen) atoms. The number of ketones is 1. The van der Waals surface area contributed by atoms with Crippen LogP contribution in [0.2, 0.25) is 0 Å². The summed E-state index contributed by atoms with van der Waals surface area (Å²) in [5.41, 5.74) is 7.01.